The minimum Gasteiger partial charge on any atom is -0.317 e. The number of benzene rings is 3. The Morgan fingerprint density at radius 3 is 1.84 bits per heavy atom. The number of fused-ring (bicyclic) bond motifs is 1. The van der Waals surface area contributed by atoms with E-state index in [1.165, 1.54) is 28.3 Å². The highest BCUT2D eigenvalue weighted by atomic mass is 16.2. The topological polar surface area (TPSA) is 65.1 Å². The fourth-order valence-corrected chi connectivity index (χ4v) is 4.71. The summed E-state index contributed by atoms with van der Waals surface area (Å²) in [5.74, 6) is 0.751. The third kappa shape index (κ3) is 5.17. The molecule has 7 heteroatoms. The molecule has 0 amide bonds. The Balaban J connectivity index is 1.62. The minimum atomic E-state index is -0.380. The van der Waals surface area contributed by atoms with Crippen molar-refractivity contribution >= 4 is 11.2 Å². The molecule has 2 aromatic heterocycles. The Kier molecular flexibility index (Phi) is 6.88. The van der Waals surface area contributed by atoms with Crippen molar-refractivity contribution in [2.45, 2.75) is 33.1 Å². The van der Waals surface area contributed by atoms with Gasteiger partial charge in [0.25, 0.3) is 5.56 Å². The van der Waals surface area contributed by atoms with E-state index in [0.29, 0.717) is 24.3 Å². The van der Waals surface area contributed by atoms with Crippen molar-refractivity contribution in [3.63, 3.8) is 0 Å². The quantitative estimate of drug-likeness (QED) is 0.328. The first kappa shape index (κ1) is 24.5. The van der Waals surface area contributed by atoms with E-state index in [1.807, 2.05) is 41.0 Å². The molecule has 7 nitrogen and oxygen atoms in total. The van der Waals surface area contributed by atoms with Gasteiger partial charge in [-0.2, -0.15) is 0 Å². The van der Waals surface area contributed by atoms with Crippen LogP contribution in [0.4, 0.5) is 0 Å². The third-order valence-electron chi connectivity index (χ3n) is 6.75. The lowest BCUT2D eigenvalue weighted by Crippen LogP contribution is -2.37. The van der Waals surface area contributed by atoms with Gasteiger partial charge >= 0.3 is 5.69 Å². The number of imidazole rings is 1. The molecule has 3 aromatic carbocycles. The zero-order chi connectivity index (χ0) is 25.9. The molecule has 0 fully saturated rings. The zero-order valence-corrected chi connectivity index (χ0v) is 21.5. The first-order valence-electron chi connectivity index (χ1n) is 12.4. The molecule has 0 bridgehead atoms. The molecule has 2 heterocycles. The van der Waals surface area contributed by atoms with Crippen LogP contribution in [0.3, 0.4) is 0 Å². The van der Waals surface area contributed by atoms with Crippen LogP contribution in [0.25, 0.3) is 11.2 Å². The van der Waals surface area contributed by atoms with E-state index in [4.69, 9.17) is 4.98 Å². The molecule has 0 aliphatic carbocycles. The summed E-state index contributed by atoms with van der Waals surface area (Å²) in [6, 6.07) is 29.0. The molecule has 0 aliphatic rings. The van der Waals surface area contributed by atoms with Gasteiger partial charge in [-0.15, -0.1) is 0 Å². The highest BCUT2D eigenvalue weighted by Crippen LogP contribution is 2.19. The van der Waals surface area contributed by atoms with Crippen LogP contribution < -0.4 is 11.2 Å². The van der Waals surface area contributed by atoms with E-state index in [9.17, 15) is 9.59 Å². The van der Waals surface area contributed by atoms with Crippen molar-refractivity contribution in [2.24, 2.45) is 14.1 Å². The largest absolute Gasteiger partial charge is 0.332 e. The number of aryl methyl sites for hydroxylation is 2. The van der Waals surface area contributed by atoms with E-state index < -0.39 is 0 Å². The van der Waals surface area contributed by atoms with Crippen LogP contribution in [0.15, 0.2) is 94.5 Å². The lowest BCUT2D eigenvalue weighted by atomic mass is 10.1. The molecule has 0 saturated heterocycles. The van der Waals surface area contributed by atoms with Gasteiger partial charge in [0.1, 0.15) is 5.82 Å². The van der Waals surface area contributed by atoms with Gasteiger partial charge in [0.2, 0.25) is 0 Å². The summed E-state index contributed by atoms with van der Waals surface area (Å²) >= 11 is 0. The van der Waals surface area contributed by atoms with Crippen molar-refractivity contribution in [3.8, 4) is 0 Å². The predicted molar refractivity (Wildman–Crippen MR) is 146 cm³/mol. The van der Waals surface area contributed by atoms with Crippen LogP contribution >= 0.6 is 0 Å². The Morgan fingerprint density at radius 2 is 1.27 bits per heavy atom. The average Bonchev–Trinajstić information content (AvgIpc) is 3.26. The molecule has 0 spiro atoms. The molecular weight excluding hydrogens is 462 g/mol. The SMILES string of the molecule is Cc1ccc(Cn2c(CN(Cc3ccccc3)Cc3ccccc3)nc3c2c(=O)n(C)c(=O)n3C)cc1. The van der Waals surface area contributed by atoms with E-state index in [0.717, 1.165) is 29.0 Å². The summed E-state index contributed by atoms with van der Waals surface area (Å²) in [5, 5.41) is 0. The fourth-order valence-electron chi connectivity index (χ4n) is 4.71. The smallest absolute Gasteiger partial charge is 0.317 e. The molecule has 0 saturated carbocycles. The fraction of sp³-hybridized carbons (Fsp3) is 0.233. The second-order valence-corrected chi connectivity index (χ2v) is 9.59. The Labute approximate surface area is 215 Å². The molecular formula is C30H31N5O2. The Morgan fingerprint density at radius 1 is 0.703 bits per heavy atom. The molecule has 5 aromatic rings. The second kappa shape index (κ2) is 10.4. The molecule has 37 heavy (non-hydrogen) atoms. The van der Waals surface area contributed by atoms with Crippen LogP contribution in [-0.4, -0.2) is 23.6 Å². The molecule has 0 unspecified atom stereocenters. The molecule has 0 N–H and O–H groups in total. The van der Waals surface area contributed by atoms with Gasteiger partial charge in [0.05, 0.1) is 6.54 Å². The molecule has 188 valence electrons. The monoisotopic (exact) mass is 493 g/mol. The summed E-state index contributed by atoms with van der Waals surface area (Å²) < 4.78 is 4.60. The number of hydrogen-bond acceptors (Lipinski definition) is 4. The predicted octanol–water partition coefficient (Wildman–Crippen LogP) is 3.99. The average molecular weight is 494 g/mol. The van der Waals surface area contributed by atoms with Crippen LogP contribution in [0.1, 0.15) is 28.1 Å². The third-order valence-corrected chi connectivity index (χ3v) is 6.75. The van der Waals surface area contributed by atoms with Gasteiger partial charge in [-0.3, -0.25) is 18.8 Å². The number of nitrogens with zero attached hydrogens (tertiary/aromatic N) is 5. The van der Waals surface area contributed by atoms with Crippen LogP contribution in [0, 0.1) is 6.92 Å². The first-order chi connectivity index (χ1) is 17.9. The van der Waals surface area contributed by atoms with Gasteiger partial charge < -0.3 is 4.57 Å². The Bertz CT molecular complexity index is 1590. The highest BCUT2D eigenvalue weighted by Gasteiger charge is 2.21. The minimum absolute atomic E-state index is 0.332. The van der Waals surface area contributed by atoms with Gasteiger partial charge in [-0.1, -0.05) is 90.5 Å². The van der Waals surface area contributed by atoms with Crippen molar-refractivity contribution in [3.05, 3.63) is 134 Å². The summed E-state index contributed by atoms with van der Waals surface area (Å²) in [7, 11) is 3.19. The van der Waals surface area contributed by atoms with Gasteiger partial charge in [-0.25, -0.2) is 9.78 Å². The van der Waals surface area contributed by atoms with Gasteiger partial charge in [0.15, 0.2) is 11.2 Å². The van der Waals surface area contributed by atoms with E-state index in [-0.39, 0.29) is 11.2 Å². The maximum Gasteiger partial charge on any atom is 0.332 e. The van der Waals surface area contributed by atoms with Gasteiger partial charge in [-0.05, 0) is 23.6 Å². The second-order valence-electron chi connectivity index (χ2n) is 9.59. The van der Waals surface area contributed by atoms with E-state index in [1.54, 1.807) is 7.05 Å². The summed E-state index contributed by atoms with van der Waals surface area (Å²) in [4.78, 5) is 33.2. The van der Waals surface area contributed by atoms with Gasteiger partial charge in [0, 0.05) is 33.7 Å². The summed E-state index contributed by atoms with van der Waals surface area (Å²) in [6.07, 6.45) is 0. The molecule has 0 aliphatic heterocycles. The van der Waals surface area contributed by atoms with Crippen molar-refractivity contribution in [1.82, 2.24) is 23.6 Å². The number of hydrogen-bond donors (Lipinski definition) is 0. The Hall–Kier alpha value is -4.23. The van der Waals surface area contributed by atoms with Crippen LogP contribution in [0.5, 0.6) is 0 Å². The molecule has 0 atom stereocenters. The lowest BCUT2D eigenvalue weighted by Gasteiger charge is -2.23. The molecule has 5 rings (SSSR count). The van der Waals surface area contributed by atoms with Crippen molar-refractivity contribution in [2.75, 3.05) is 0 Å². The maximum atomic E-state index is 13.3. The highest BCUT2D eigenvalue weighted by molar-refractivity contribution is 5.71. The normalized spacial score (nSPS) is 11.5. The first-order valence-corrected chi connectivity index (χ1v) is 12.4. The van der Waals surface area contributed by atoms with Crippen LogP contribution in [-0.2, 0) is 40.3 Å². The standard InChI is InChI=1S/C30H31N5O2/c1-22-14-16-25(17-15-22)20-35-26(31-28-27(35)29(36)33(3)30(37)32(28)2)21-34(18-23-10-6-4-7-11-23)19-24-12-8-5-9-13-24/h4-17H,18-21H2,1-3H3. The van der Waals surface area contributed by atoms with E-state index >= 15 is 0 Å². The van der Waals surface area contributed by atoms with Crippen molar-refractivity contribution in [1.29, 1.82) is 0 Å². The zero-order valence-electron chi connectivity index (χ0n) is 21.5. The number of rotatable bonds is 8. The van der Waals surface area contributed by atoms with E-state index in [2.05, 4.69) is 60.4 Å². The van der Waals surface area contributed by atoms with Crippen molar-refractivity contribution < 1.29 is 0 Å². The summed E-state index contributed by atoms with van der Waals surface area (Å²) in [6.45, 7) is 4.50. The maximum absolute atomic E-state index is 13.3. The molecule has 0 radical (unpaired) electrons. The lowest BCUT2D eigenvalue weighted by molar-refractivity contribution is 0.238. The number of aromatic nitrogens is 4. The summed E-state index contributed by atoms with van der Waals surface area (Å²) in [5.41, 5.74) is 4.78. The van der Waals surface area contributed by atoms with Crippen LogP contribution in [0.2, 0.25) is 0 Å².